The Morgan fingerprint density at radius 1 is 0.897 bits per heavy atom. The fourth-order valence-corrected chi connectivity index (χ4v) is 2.48. The van der Waals surface area contributed by atoms with Crippen molar-refractivity contribution in [1.29, 1.82) is 0 Å². The number of nitrogens with zero attached hydrogens (tertiary/aromatic N) is 1. The van der Waals surface area contributed by atoms with Crippen molar-refractivity contribution in [2.45, 2.75) is 0 Å². The Kier molecular flexibility index (Phi) is 7.96. The molecule has 9 heteroatoms. The Bertz CT molecular complexity index is 843. The molecule has 9 nitrogen and oxygen atoms in total. The molecule has 1 amide bonds. The number of nitrogens with one attached hydrogen (secondary N) is 1. The lowest BCUT2D eigenvalue weighted by molar-refractivity contribution is -0.120. The van der Waals surface area contributed by atoms with Gasteiger partial charge in [-0.1, -0.05) is 5.16 Å². The number of carbonyl (C=O) groups is 1. The van der Waals surface area contributed by atoms with Crippen LogP contribution in [0.2, 0.25) is 0 Å². The average Bonchev–Trinajstić information content (AvgIpc) is 2.75. The van der Waals surface area contributed by atoms with Gasteiger partial charge in [-0.25, -0.2) is 0 Å². The lowest BCUT2D eigenvalue weighted by Gasteiger charge is -2.14. The average molecular weight is 404 g/mol. The summed E-state index contributed by atoms with van der Waals surface area (Å²) in [6.07, 6.45) is 1.44. The summed E-state index contributed by atoms with van der Waals surface area (Å²) in [6, 6.07) is 8.48. The van der Waals surface area contributed by atoms with Crippen molar-refractivity contribution < 1.29 is 33.3 Å². The quantitative estimate of drug-likeness (QED) is 0.480. The van der Waals surface area contributed by atoms with Crippen LogP contribution < -0.4 is 29.0 Å². The van der Waals surface area contributed by atoms with Crippen molar-refractivity contribution >= 4 is 17.8 Å². The van der Waals surface area contributed by atoms with E-state index in [4.69, 9.17) is 28.5 Å². The molecule has 2 aromatic rings. The molecular formula is C20H24N2O7. The number of ether oxygens (including phenoxy) is 5. The van der Waals surface area contributed by atoms with Gasteiger partial charge in [0.15, 0.2) is 18.1 Å². The number of methoxy groups -OCH3 is 5. The van der Waals surface area contributed by atoms with E-state index in [-0.39, 0.29) is 6.61 Å². The van der Waals surface area contributed by atoms with Crippen LogP contribution in [0.1, 0.15) is 5.56 Å². The molecule has 29 heavy (non-hydrogen) atoms. The van der Waals surface area contributed by atoms with Gasteiger partial charge in [0.25, 0.3) is 5.91 Å². The molecule has 0 aliphatic carbocycles. The fraction of sp³-hybridized carbons (Fsp3) is 0.300. The first-order chi connectivity index (χ1) is 14.1. The molecule has 0 aliphatic rings. The van der Waals surface area contributed by atoms with Gasteiger partial charge in [-0.15, -0.1) is 0 Å². The highest BCUT2D eigenvalue weighted by molar-refractivity contribution is 5.92. The molecule has 0 heterocycles. The molecule has 0 spiro atoms. The van der Waals surface area contributed by atoms with Crippen molar-refractivity contribution in [2.75, 3.05) is 47.5 Å². The Labute approximate surface area is 169 Å². The molecule has 0 saturated heterocycles. The molecule has 0 bridgehead atoms. The first-order valence-corrected chi connectivity index (χ1v) is 8.53. The lowest BCUT2D eigenvalue weighted by Crippen LogP contribution is -2.17. The van der Waals surface area contributed by atoms with Crippen LogP contribution in [0, 0.1) is 0 Å². The zero-order valence-corrected chi connectivity index (χ0v) is 17.0. The molecular weight excluding hydrogens is 380 g/mol. The first kappa shape index (κ1) is 21.7. The number of anilines is 1. The highest BCUT2D eigenvalue weighted by atomic mass is 16.6. The summed E-state index contributed by atoms with van der Waals surface area (Å²) >= 11 is 0. The molecule has 0 atom stereocenters. The van der Waals surface area contributed by atoms with Gasteiger partial charge in [0.1, 0.15) is 11.5 Å². The third-order valence-electron chi connectivity index (χ3n) is 3.85. The fourth-order valence-electron chi connectivity index (χ4n) is 2.48. The van der Waals surface area contributed by atoms with Gasteiger partial charge in [0.2, 0.25) is 5.75 Å². The predicted molar refractivity (Wildman–Crippen MR) is 108 cm³/mol. The minimum Gasteiger partial charge on any atom is -0.497 e. The Morgan fingerprint density at radius 3 is 2.10 bits per heavy atom. The van der Waals surface area contributed by atoms with Gasteiger partial charge in [-0.05, 0) is 18.2 Å². The van der Waals surface area contributed by atoms with E-state index in [0.717, 1.165) is 0 Å². The number of oxime groups is 1. The van der Waals surface area contributed by atoms with Crippen LogP contribution in [0.4, 0.5) is 5.69 Å². The number of carbonyl (C=O) groups excluding carboxylic acids is 1. The second-order valence-electron chi connectivity index (χ2n) is 5.58. The normalized spacial score (nSPS) is 10.4. The zero-order chi connectivity index (χ0) is 21.2. The molecule has 0 aromatic heterocycles. The zero-order valence-electron chi connectivity index (χ0n) is 17.0. The third-order valence-corrected chi connectivity index (χ3v) is 3.85. The van der Waals surface area contributed by atoms with Crippen molar-refractivity contribution in [3.05, 3.63) is 35.9 Å². The Hall–Kier alpha value is -3.62. The number of amides is 1. The second-order valence-corrected chi connectivity index (χ2v) is 5.58. The highest BCUT2D eigenvalue weighted by Gasteiger charge is 2.14. The van der Waals surface area contributed by atoms with Gasteiger partial charge < -0.3 is 33.8 Å². The standard InChI is InChI=1S/C20H24N2O7/c1-24-15-6-7-16(25-2)13(8-15)11-21-29-12-19(23)22-14-9-17(26-3)20(28-5)18(10-14)27-4/h6-11H,12H2,1-5H3,(H,22,23). The second kappa shape index (κ2) is 10.6. The number of benzene rings is 2. The summed E-state index contributed by atoms with van der Waals surface area (Å²) in [7, 11) is 7.60. The maximum atomic E-state index is 12.1. The van der Waals surface area contributed by atoms with Gasteiger partial charge in [-0.2, -0.15) is 0 Å². The number of rotatable bonds is 10. The molecule has 156 valence electrons. The maximum absolute atomic E-state index is 12.1. The minimum atomic E-state index is -0.408. The molecule has 0 radical (unpaired) electrons. The van der Waals surface area contributed by atoms with Crippen LogP contribution in [-0.2, 0) is 9.63 Å². The minimum absolute atomic E-state index is 0.292. The highest BCUT2D eigenvalue weighted by Crippen LogP contribution is 2.39. The molecule has 2 rings (SSSR count). The summed E-state index contributed by atoms with van der Waals surface area (Å²) in [6.45, 7) is -0.292. The van der Waals surface area contributed by atoms with Crippen molar-refractivity contribution in [1.82, 2.24) is 0 Å². The SMILES string of the molecule is COc1ccc(OC)c(C=NOCC(=O)Nc2cc(OC)c(OC)c(OC)c2)c1. The smallest absolute Gasteiger partial charge is 0.265 e. The van der Waals surface area contributed by atoms with Gasteiger partial charge in [0.05, 0.1) is 41.8 Å². The molecule has 1 N–H and O–H groups in total. The van der Waals surface area contributed by atoms with Gasteiger partial charge in [-0.3, -0.25) is 4.79 Å². The van der Waals surface area contributed by atoms with E-state index < -0.39 is 5.91 Å². The van der Waals surface area contributed by atoms with Gasteiger partial charge in [0, 0.05) is 23.4 Å². The predicted octanol–water partition coefficient (Wildman–Crippen LogP) is 2.72. The van der Waals surface area contributed by atoms with Crippen LogP contribution in [-0.4, -0.2) is 54.3 Å². The topological polar surface area (TPSA) is 96.8 Å². The maximum Gasteiger partial charge on any atom is 0.265 e. The summed E-state index contributed by atoms with van der Waals surface area (Å²) in [5, 5.41) is 6.50. The molecule has 0 unspecified atom stereocenters. The Balaban J connectivity index is 1.99. The van der Waals surface area contributed by atoms with Crippen molar-refractivity contribution in [3.63, 3.8) is 0 Å². The van der Waals surface area contributed by atoms with E-state index in [1.54, 1.807) is 44.6 Å². The van der Waals surface area contributed by atoms with Crippen LogP contribution in [0.5, 0.6) is 28.7 Å². The van der Waals surface area contributed by atoms with E-state index >= 15 is 0 Å². The van der Waals surface area contributed by atoms with Crippen LogP contribution in [0.3, 0.4) is 0 Å². The summed E-state index contributed by atoms with van der Waals surface area (Å²) in [5.74, 6) is 2.11. The molecule has 0 fully saturated rings. The van der Waals surface area contributed by atoms with E-state index in [2.05, 4.69) is 10.5 Å². The van der Waals surface area contributed by atoms with Crippen LogP contribution >= 0.6 is 0 Å². The van der Waals surface area contributed by atoms with Crippen LogP contribution in [0.25, 0.3) is 0 Å². The van der Waals surface area contributed by atoms with E-state index in [9.17, 15) is 4.79 Å². The number of hydrogen-bond donors (Lipinski definition) is 1. The Morgan fingerprint density at radius 2 is 1.55 bits per heavy atom. The van der Waals surface area contributed by atoms with Crippen molar-refractivity contribution in [3.8, 4) is 28.7 Å². The van der Waals surface area contributed by atoms with E-state index in [1.807, 2.05) is 0 Å². The van der Waals surface area contributed by atoms with Crippen molar-refractivity contribution in [2.24, 2.45) is 5.16 Å². The van der Waals surface area contributed by atoms with E-state index in [1.165, 1.54) is 27.5 Å². The lowest BCUT2D eigenvalue weighted by atomic mass is 10.2. The molecule has 2 aromatic carbocycles. The van der Waals surface area contributed by atoms with Crippen LogP contribution in [0.15, 0.2) is 35.5 Å². The largest absolute Gasteiger partial charge is 0.497 e. The summed E-state index contributed by atoms with van der Waals surface area (Å²) < 4.78 is 26.2. The first-order valence-electron chi connectivity index (χ1n) is 8.53. The third kappa shape index (κ3) is 5.68. The summed E-state index contributed by atoms with van der Waals surface area (Å²) in [5.41, 5.74) is 1.11. The summed E-state index contributed by atoms with van der Waals surface area (Å²) in [4.78, 5) is 17.2. The number of hydrogen-bond acceptors (Lipinski definition) is 8. The monoisotopic (exact) mass is 404 g/mol. The molecule has 0 saturated carbocycles. The van der Waals surface area contributed by atoms with E-state index in [0.29, 0.717) is 40.0 Å². The molecule has 0 aliphatic heterocycles. The van der Waals surface area contributed by atoms with Gasteiger partial charge >= 0.3 is 0 Å².